The van der Waals surface area contributed by atoms with E-state index in [4.69, 9.17) is 11.6 Å². The van der Waals surface area contributed by atoms with Crippen LogP contribution in [0.3, 0.4) is 0 Å². The monoisotopic (exact) mass is 250 g/mol. The van der Waals surface area contributed by atoms with Crippen LogP contribution in [0.25, 0.3) is 10.9 Å². The Bertz CT molecular complexity index is 514. The highest BCUT2D eigenvalue weighted by Gasteiger charge is 2.10. The third kappa shape index (κ3) is 2.64. The Balaban J connectivity index is 2.45. The number of benzene rings is 1. The van der Waals surface area contributed by atoms with Gasteiger partial charge in [0.1, 0.15) is 0 Å². The van der Waals surface area contributed by atoms with Crippen molar-refractivity contribution in [3.63, 3.8) is 0 Å². The van der Waals surface area contributed by atoms with Crippen LogP contribution in [0, 0.1) is 0 Å². The summed E-state index contributed by atoms with van der Waals surface area (Å²) < 4.78 is 0. The molecule has 1 heterocycles. The maximum absolute atomic E-state index is 6.08. The van der Waals surface area contributed by atoms with Crippen molar-refractivity contribution < 1.29 is 0 Å². The van der Waals surface area contributed by atoms with E-state index >= 15 is 0 Å². The number of rotatable bonds is 4. The number of aromatic nitrogens is 1. The van der Waals surface area contributed by atoms with Gasteiger partial charge in [-0.3, -0.25) is 0 Å². The predicted octanol–water partition coefficient (Wildman–Crippen LogP) is 3.49. The van der Waals surface area contributed by atoms with Gasteiger partial charge in [0.15, 0.2) is 0 Å². The van der Waals surface area contributed by atoms with Gasteiger partial charge in [-0.1, -0.05) is 18.5 Å². The summed E-state index contributed by atoms with van der Waals surface area (Å²) in [5.74, 6) is 0. The van der Waals surface area contributed by atoms with Gasteiger partial charge in [0.2, 0.25) is 0 Å². The van der Waals surface area contributed by atoms with Crippen molar-refractivity contribution in [2.45, 2.75) is 19.8 Å². The van der Waals surface area contributed by atoms with Crippen molar-refractivity contribution in [1.82, 2.24) is 9.88 Å². The molecule has 2 nitrogen and oxygen atoms in total. The Morgan fingerprint density at radius 1 is 1.29 bits per heavy atom. The van der Waals surface area contributed by atoms with Gasteiger partial charge < -0.3 is 9.88 Å². The van der Waals surface area contributed by atoms with Crippen molar-refractivity contribution in [3.05, 3.63) is 34.5 Å². The molecule has 0 amide bonds. The fourth-order valence-electron chi connectivity index (χ4n) is 2.20. The average molecular weight is 251 g/mol. The molecule has 1 N–H and O–H groups in total. The zero-order valence-corrected chi connectivity index (χ0v) is 11.4. The number of aryl methyl sites for hydroxylation is 1. The first-order valence-corrected chi connectivity index (χ1v) is 6.43. The van der Waals surface area contributed by atoms with Crippen molar-refractivity contribution in [3.8, 4) is 0 Å². The fourth-order valence-corrected chi connectivity index (χ4v) is 2.37. The van der Waals surface area contributed by atoms with E-state index in [0.717, 1.165) is 24.4 Å². The van der Waals surface area contributed by atoms with Gasteiger partial charge in [-0.15, -0.1) is 0 Å². The summed E-state index contributed by atoms with van der Waals surface area (Å²) in [6, 6.07) is 6.07. The normalized spacial score (nSPS) is 11.6. The molecule has 0 unspecified atom stereocenters. The maximum Gasteiger partial charge on any atom is 0.0460 e. The number of fused-ring (bicyclic) bond motifs is 1. The third-order valence-corrected chi connectivity index (χ3v) is 3.35. The van der Waals surface area contributed by atoms with Crippen LogP contribution >= 0.6 is 11.6 Å². The lowest BCUT2D eigenvalue weighted by atomic mass is 10.1. The molecular formula is C14H19ClN2. The summed E-state index contributed by atoms with van der Waals surface area (Å²) in [7, 11) is 4.21. The quantitative estimate of drug-likeness (QED) is 0.880. The summed E-state index contributed by atoms with van der Waals surface area (Å²) >= 11 is 6.08. The average Bonchev–Trinajstić information content (AvgIpc) is 2.63. The van der Waals surface area contributed by atoms with Gasteiger partial charge in [0, 0.05) is 28.2 Å². The van der Waals surface area contributed by atoms with Crippen LogP contribution in [-0.2, 0) is 12.8 Å². The Morgan fingerprint density at radius 2 is 2.06 bits per heavy atom. The number of aromatic amines is 1. The Kier molecular flexibility index (Phi) is 3.75. The number of H-pyrrole nitrogens is 1. The molecule has 3 heteroatoms. The van der Waals surface area contributed by atoms with Crippen LogP contribution in [0.1, 0.15) is 18.2 Å². The molecule has 0 aliphatic rings. The Morgan fingerprint density at radius 3 is 2.71 bits per heavy atom. The molecule has 0 fully saturated rings. The molecule has 2 aromatic rings. The van der Waals surface area contributed by atoms with Crippen molar-refractivity contribution in [2.75, 3.05) is 20.6 Å². The fraction of sp³-hybridized carbons (Fsp3) is 0.429. The van der Waals surface area contributed by atoms with E-state index in [0.29, 0.717) is 0 Å². The van der Waals surface area contributed by atoms with E-state index in [1.54, 1.807) is 0 Å². The molecule has 0 saturated carbocycles. The molecule has 1 aromatic heterocycles. The first-order valence-electron chi connectivity index (χ1n) is 6.05. The number of nitrogens with one attached hydrogen (secondary N) is 1. The van der Waals surface area contributed by atoms with E-state index in [-0.39, 0.29) is 0 Å². The largest absolute Gasteiger partial charge is 0.358 e. The Labute approximate surface area is 108 Å². The molecule has 0 radical (unpaired) electrons. The first-order chi connectivity index (χ1) is 8.11. The molecule has 17 heavy (non-hydrogen) atoms. The van der Waals surface area contributed by atoms with Crippen LogP contribution in [0.4, 0.5) is 0 Å². The molecule has 0 spiro atoms. The standard InChI is InChI=1S/C14H19ClN2/c1-4-13-11(7-8-17(2)3)12-9-10(15)5-6-14(12)16-13/h5-6,9,16H,4,7-8H2,1-3H3. The smallest absolute Gasteiger partial charge is 0.0460 e. The lowest BCUT2D eigenvalue weighted by molar-refractivity contribution is 0.413. The van der Waals surface area contributed by atoms with E-state index < -0.39 is 0 Å². The highest BCUT2D eigenvalue weighted by Crippen LogP contribution is 2.26. The van der Waals surface area contributed by atoms with Crippen LogP contribution < -0.4 is 0 Å². The van der Waals surface area contributed by atoms with E-state index in [1.165, 1.54) is 22.2 Å². The summed E-state index contributed by atoms with van der Waals surface area (Å²) in [5, 5.41) is 2.08. The van der Waals surface area contributed by atoms with Gasteiger partial charge in [-0.25, -0.2) is 0 Å². The lowest BCUT2D eigenvalue weighted by Gasteiger charge is -2.09. The summed E-state index contributed by atoms with van der Waals surface area (Å²) in [5.41, 5.74) is 3.95. The van der Waals surface area contributed by atoms with E-state index in [2.05, 4.69) is 43.0 Å². The van der Waals surface area contributed by atoms with E-state index in [1.807, 2.05) is 6.07 Å². The highest BCUT2D eigenvalue weighted by molar-refractivity contribution is 6.31. The zero-order valence-electron chi connectivity index (χ0n) is 10.7. The van der Waals surface area contributed by atoms with Crippen molar-refractivity contribution in [2.24, 2.45) is 0 Å². The maximum atomic E-state index is 6.08. The zero-order chi connectivity index (χ0) is 12.4. The minimum Gasteiger partial charge on any atom is -0.358 e. The number of likely N-dealkylation sites (N-methyl/N-ethyl adjacent to an activating group) is 1. The van der Waals surface area contributed by atoms with Gasteiger partial charge in [-0.2, -0.15) is 0 Å². The van der Waals surface area contributed by atoms with Crippen LogP contribution in [0.5, 0.6) is 0 Å². The molecule has 0 saturated heterocycles. The van der Waals surface area contributed by atoms with Crippen molar-refractivity contribution in [1.29, 1.82) is 0 Å². The van der Waals surface area contributed by atoms with Crippen molar-refractivity contribution >= 4 is 22.5 Å². The number of hydrogen-bond acceptors (Lipinski definition) is 1. The topological polar surface area (TPSA) is 19.0 Å². The molecule has 92 valence electrons. The highest BCUT2D eigenvalue weighted by atomic mass is 35.5. The van der Waals surface area contributed by atoms with Gasteiger partial charge in [0.25, 0.3) is 0 Å². The Hall–Kier alpha value is -0.990. The SMILES string of the molecule is CCc1[nH]c2ccc(Cl)cc2c1CCN(C)C. The minimum atomic E-state index is 0.810. The predicted molar refractivity (Wildman–Crippen MR) is 74.9 cm³/mol. The molecular weight excluding hydrogens is 232 g/mol. The van der Waals surface area contributed by atoms with Crippen LogP contribution in [0.2, 0.25) is 5.02 Å². The van der Waals surface area contributed by atoms with E-state index in [9.17, 15) is 0 Å². The first kappa shape index (κ1) is 12.5. The number of nitrogens with zero attached hydrogens (tertiary/aromatic N) is 1. The molecule has 0 bridgehead atoms. The number of halogens is 1. The third-order valence-electron chi connectivity index (χ3n) is 3.12. The summed E-state index contributed by atoms with van der Waals surface area (Å²) in [6.45, 7) is 3.25. The van der Waals surface area contributed by atoms with Crippen LogP contribution in [-0.4, -0.2) is 30.5 Å². The van der Waals surface area contributed by atoms with Gasteiger partial charge in [-0.05, 0) is 50.7 Å². The second kappa shape index (κ2) is 5.11. The second-order valence-corrected chi connectivity index (χ2v) is 5.12. The summed E-state index contributed by atoms with van der Waals surface area (Å²) in [4.78, 5) is 5.70. The molecule has 1 aromatic carbocycles. The molecule has 2 rings (SSSR count). The number of hydrogen-bond donors (Lipinski definition) is 1. The van der Waals surface area contributed by atoms with Gasteiger partial charge >= 0.3 is 0 Å². The van der Waals surface area contributed by atoms with Crippen LogP contribution in [0.15, 0.2) is 18.2 Å². The lowest BCUT2D eigenvalue weighted by Crippen LogP contribution is -2.15. The minimum absolute atomic E-state index is 0.810. The van der Waals surface area contributed by atoms with Gasteiger partial charge in [0.05, 0.1) is 0 Å². The molecule has 0 aliphatic carbocycles. The molecule has 0 atom stereocenters. The second-order valence-electron chi connectivity index (χ2n) is 4.68. The molecule has 0 aliphatic heterocycles. The summed E-state index contributed by atoms with van der Waals surface area (Å²) in [6.07, 6.45) is 2.10.